The van der Waals surface area contributed by atoms with E-state index in [0.29, 0.717) is 12.2 Å². The fourth-order valence-electron chi connectivity index (χ4n) is 1.81. The largest absolute Gasteiger partial charge is 0.363 e. The first-order chi connectivity index (χ1) is 10.0. The zero-order chi connectivity index (χ0) is 15.3. The number of H-pyrrole nitrogens is 1. The zero-order valence-corrected chi connectivity index (χ0v) is 13.6. The molecule has 0 aliphatic rings. The van der Waals surface area contributed by atoms with Crippen molar-refractivity contribution in [2.45, 2.75) is 23.3 Å². The van der Waals surface area contributed by atoms with Crippen molar-refractivity contribution in [1.82, 2.24) is 10.3 Å². The molecule has 114 valence electrons. The standard InChI is InChI=1S/C14H19N3O2S2/c1-3-15-9-12-8-14(10-16-12)21(18,19)17-11-4-6-13(20-2)7-5-11/h4-8,10,15-17H,3,9H2,1-2H3. The van der Waals surface area contributed by atoms with E-state index in [9.17, 15) is 8.42 Å². The average molecular weight is 325 g/mol. The maximum Gasteiger partial charge on any atom is 0.263 e. The monoisotopic (exact) mass is 325 g/mol. The Morgan fingerprint density at radius 3 is 2.57 bits per heavy atom. The maximum absolute atomic E-state index is 12.3. The number of aromatic nitrogens is 1. The van der Waals surface area contributed by atoms with Gasteiger partial charge in [-0.05, 0) is 43.1 Å². The molecule has 7 heteroatoms. The number of aromatic amines is 1. The van der Waals surface area contributed by atoms with Gasteiger partial charge in [-0.15, -0.1) is 11.8 Å². The van der Waals surface area contributed by atoms with Crippen molar-refractivity contribution in [3.63, 3.8) is 0 Å². The summed E-state index contributed by atoms with van der Waals surface area (Å²) in [4.78, 5) is 4.30. The Morgan fingerprint density at radius 2 is 1.95 bits per heavy atom. The third-order valence-corrected chi connectivity index (χ3v) is 5.04. The molecule has 0 aliphatic heterocycles. The molecule has 0 saturated heterocycles. The molecule has 1 aromatic carbocycles. The van der Waals surface area contributed by atoms with E-state index in [1.165, 1.54) is 6.20 Å². The molecule has 2 rings (SSSR count). The molecule has 1 heterocycles. The molecule has 21 heavy (non-hydrogen) atoms. The Balaban J connectivity index is 2.11. The fourth-order valence-corrected chi connectivity index (χ4v) is 3.29. The van der Waals surface area contributed by atoms with Gasteiger partial charge in [-0.2, -0.15) is 0 Å². The van der Waals surface area contributed by atoms with Crippen LogP contribution in [-0.2, 0) is 16.6 Å². The Morgan fingerprint density at radius 1 is 1.24 bits per heavy atom. The van der Waals surface area contributed by atoms with Gasteiger partial charge in [-0.3, -0.25) is 4.72 Å². The van der Waals surface area contributed by atoms with Crippen LogP contribution in [0.5, 0.6) is 0 Å². The molecule has 0 fully saturated rings. The summed E-state index contributed by atoms with van der Waals surface area (Å²) >= 11 is 1.61. The number of sulfonamides is 1. The highest BCUT2D eigenvalue weighted by Crippen LogP contribution is 2.20. The molecule has 2 aromatic rings. The molecule has 0 unspecified atom stereocenters. The lowest BCUT2D eigenvalue weighted by Gasteiger charge is -2.06. The summed E-state index contributed by atoms with van der Waals surface area (Å²) in [6, 6.07) is 8.93. The van der Waals surface area contributed by atoms with Crippen LogP contribution >= 0.6 is 11.8 Å². The fraction of sp³-hybridized carbons (Fsp3) is 0.286. The molecule has 0 atom stereocenters. The lowest BCUT2D eigenvalue weighted by Crippen LogP contribution is -2.13. The maximum atomic E-state index is 12.3. The highest BCUT2D eigenvalue weighted by Gasteiger charge is 2.16. The van der Waals surface area contributed by atoms with Crippen molar-refractivity contribution in [2.24, 2.45) is 0 Å². The number of hydrogen-bond acceptors (Lipinski definition) is 4. The van der Waals surface area contributed by atoms with Crippen LogP contribution in [-0.4, -0.2) is 26.2 Å². The second kappa shape index (κ2) is 7.02. The Kier molecular flexibility index (Phi) is 5.33. The van der Waals surface area contributed by atoms with E-state index in [4.69, 9.17) is 0 Å². The minimum atomic E-state index is -3.55. The van der Waals surface area contributed by atoms with Crippen molar-refractivity contribution in [2.75, 3.05) is 17.5 Å². The van der Waals surface area contributed by atoms with Crippen molar-refractivity contribution < 1.29 is 8.42 Å². The smallest absolute Gasteiger partial charge is 0.263 e. The van der Waals surface area contributed by atoms with Gasteiger partial charge in [0.15, 0.2) is 0 Å². The second-order valence-electron chi connectivity index (χ2n) is 4.47. The number of hydrogen-bond donors (Lipinski definition) is 3. The molecule has 0 bridgehead atoms. The van der Waals surface area contributed by atoms with Crippen LogP contribution in [0.4, 0.5) is 5.69 Å². The molecule has 1 aromatic heterocycles. The molecular weight excluding hydrogens is 306 g/mol. The van der Waals surface area contributed by atoms with E-state index in [1.807, 2.05) is 25.3 Å². The summed E-state index contributed by atoms with van der Waals surface area (Å²) < 4.78 is 27.2. The van der Waals surface area contributed by atoms with Gasteiger partial charge < -0.3 is 10.3 Å². The SMILES string of the molecule is CCNCc1cc(S(=O)(=O)Nc2ccc(SC)cc2)c[nH]1. The molecule has 0 amide bonds. The van der Waals surface area contributed by atoms with Crippen LogP contribution in [0.15, 0.2) is 46.3 Å². The molecule has 0 saturated carbocycles. The topological polar surface area (TPSA) is 74.0 Å². The van der Waals surface area contributed by atoms with Gasteiger partial charge in [-0.1, -0.05) is 6.92 Å². The first-order valence-corrected chi connectivity index (χ1v) is 9.31. The van der Waals surface area contributed by atoms with Gasteiger partial charge in [0, 0.05) is 29.0 Å². The first-order valence-electron chi connectivity index (χ1n) is 6.60. The number of anilines is 1. The van der Waals surface area contributed by atoms with E-state index in [0.717, 1.165) is 17.1 Å². The van der Waals surface area contributed by atoms with Gasteiger partial charge in [-0.25, -0.2) is 8.42 Å². The van der Waals surface area contributed by atoms with Gasteiger partial charge in [0.2, 0.25) is 0 Å². The molecule has 5 nitrogen and oxygen atoms in total. The minimum absolute atomic E-state index is 0.240. The van der Waals surface area contributed by atoms with Crippen LogP contribution in [0, 0.1) is 0 Å². The van der Waals surface area contributed by atoms with Gasteiger partial charge in [0.25, 0.3) is 10.0 Å². The summed E-state index contributed by atoms with van der Waals surface area (Å²) in [5.74, 6) is 0. The predicted octanol–water partition coefficient (Wildman–Crippen LogP) is 2.65. The van der Waals surface area contributed by atoms with Crippen LogP contribution in [0.2, 0.25) is 0 Å². The zero-order valence-electron chi connectivity index (χ0n) is 12.0. The number of benzene rings is 1. The summed E-state index contributed by atoms with van der Waals surface area (Å²) in [6.45, 7) is 3.45. The van der Waals surface area contributed by atoms with E-state index < -0.39 is 10.0 Å². The lowest BCUT2D eigenvalue weighted by molar-refractivity contribution is 0.601. The minimum Gasteiger partial charge on any atom is -0.363 e. The van der Waals surface area contributed by atoms with E-state index >= 15 is 0 Å². The highest BCUT2D eigenvalue weighted by atomic mass is 32.2. The third kappa shape index (κ3) is 4.26. The van der Waals surface area contributed by atoms with E-state index in [1.54, 1.807) is 30.0 Å². The predicted molar refractivity (Wildman–Crippen MR) is 87.2 cm³/mol. The van der Waals surface area contributed by atoms with Crippen LogP contribution in [0.1, 0.15) is 12.6 Å². The van der Waals surface area contributed by atoms with E-state index in [2.05, 4.69) is 15.0 Å². The van der Waals surface area contributed by atoms with Gasteiger partial charge in [0.05, 0.1) is 0 Å². The van der Waals surface area contributed by atoms with Crippen LogP contribution in [0.3, 0.4) is 0 Å². The third-order valence-electron chi connectivity index (χ3n) is 2.93. The second-order valence-corrected chi connectivity index (χ2v) is 7.04. The lowest BCUT2D eigenvalue weighted by atomic mass is 10.3. The number of thioether (sulfide) groups is 1. The Hall–Kier alpha value is -1.44. The van der Waals surface area contributed by atoms with Gasteiger partial charge >= 0.3 is 0 Å². The molecule has 3 N–H and O–H groups in total. The van der Waals surface area contributed by atoms with E-state index in [-0.39, 0.29) is 4.90 Å². The summed E-state index contributed by atoms with van der Waals surface area (Å²) in [5.41, 5.74) is 1.40. The molecule has 0 spiro atoms. The first kappa shape index (κ1) is 15.9. The van der Waals surface area contributed by atoms with Gasteiger partial charge in [0.1, 0.15) is 4.90 Å². The average Bonchev–Trinajstić information content (AvgIpc) is 2.95. The molecule has 0 radical (unpaired) electrons. The Labute approximate surface area is 129 Å². The Bertz CT molecular complexity index is 678. The number of rotatable bonds is 7. The summed E-state index contributed by atoms with van der Waals surface area (Å²) in [6.07, 6.45) is 3.48. The van der Waals surface area contributed by atoms with Crippen molar-refractivity contribution in [1.29, 1.82) is 0 Å². The van der Waals surface area contributed by atoms with Crippen molar-refractivity contribution in [3.8, 4) is 0 Å². The van der Waals surface area contributed by atoms with Crippen molar-refractivity contribution >= 4 is 27.5 Å². The normalized spacial score (nSPS) is 11.5. The van der Waals surface area contributed by atoms with Crippen molar-refractivity contribution in [3.05, 3.63) is 42.2 Å². The molecular formula is C14H19N3O2S2. The molecule has 0 aliphatic carbocycles. The summed E-state index contributed by atoms with van der Waals surface area (Å²) in [7, 11) is -3.55. The van der Waals surface area contributed by atoms with Crippen LogP contribution < -0.4 is 10.0 Å². The van der Waals surface area contributed by atoms with Crippen LogP contribution in [0.25, 0.3) is 0 Å². The summed E-state index contributed by atoms with van der Waals surface area (Å²) in [5, 5.41) is 3.14. The highest BCUT2D eigenvalue weighted by molar-refractivity contribution is 7.98. The number of nitrogens with one attached hydrogen (secondary N) is 3. The quantitative estimate of drug-likeness (QED) is 0.684.